The van der Waals surface area contributed by atoms with Gasteiger partial charge in [0.15, 0.2) is 5.60 Å². The van der Waals surface area contributed by atoms with Crippen molar-refractivity contribution in [3.05, 3.63) is 89.4 Å². The Bertz CT molecular complexity index is 1330. The summed E-state index contributed by atoms with van der Waals surface area (Å²) < 4.78 is 32.3. The molecule has 3 rings (SSSR count). The van der Waals surface area contributed by atoms with Crippen LogP contribution in [0.3, 0.4) is 0 Å². The molecular formula is C28H28FNO5P+. The quantitative estimate of drug-likeness (QED) is 0.308. The van der Waals surface area contributed by atoms with Crippen LogP contribution in [0.1, 0.15) is 30.7 Å². The molecule has 8 heteroatoms. The molecule has 3 atom stereocenters. The highest BCUT2D eigenvalue weighted by Gasteiger charge is 2.73. The van der Waals surface area contributed by atoms with Gasteiger partial charge in [0, 0.05) is 17.9 Å². The summed E-state index contributed by atoms with van der Waals surface area (Å²) in [5, 5.41) is 20.3. The maximum Gasteiger partial charge on any atom is 0.543 e. The zero-order valence-corrected chi connectivity index (χ0v) is 21.4. The summed E-state index contributed by atoms with van der Waals surface area (Å²) in [6.45, 7) is 5.14. The molecule has 2 aromatic carbocycles. The van der Waals surface area contributed by atoms with Gasteiger partial charge < -0.3 is 10.2 Å². The fourth-order valence-corrected chi connectivity index (χ4v) is 5.05. The SMILES string of the molecule is CO[P+](=O)C(C#CC(C)C)(C(=O)O)C(O)(Cc1ccc(F)cc1C)c1cccc(-c2ccccc2)n1. The van der Waals surface area contributed by atoms with Crippen molar-refractivity contribution in [3.8, 4) is 23.1 Å². The molecule has 0 saturated carbocycles. The molecule has 36 heavy (non-hydrogen) atoms. The lowest BCUT2D eigenvalue weighted by Gasteiger charge is -2.33. The van der Waals surface area contributed by atoms with Gasteiger partial charge in [0.1, 0.15) is 5.82 Å². The number of aryl methyl sites for hydroxylation is 1. The molecule has 3 aromatic rings. The minimum atomic E-state index is -3.07. The molecule has 1 aromatic heterocycles. The van der Waals surface area contributed by atoms with Gasteiger partial charge in [-0.2, -0.15) is 0 Å². The summed E-state index contributed by atoms with van der Waals surface area (Å²) in [6, 6.07) is 17.9. The highest BCUT2D eigenvalue weighted by Crippen LogP contribution is 2.53. The van der Waals surface area contributed by atoms with Gasteiger partial charge in [0.05, 0.1) is 18.5 Å². The summed E-state index contributed by atoms with van der Waals surface area (Å²) in [4.78, 5) is 17.5. The summed E-state index contributed by atoms with van der Waals surface area (Å²) >= 11 is 0. The van der Waals surface area contributed by atoms with Crippen LogP contribution < -0.4 is 0 Å². The van der Waals surface area contributed by atoms with E-state index >= 15 is 0 Å². The summed E-state index contributed by atoms with van der Waals surface area (Å²) in [5.74, 6) is 3.00. The molecule has 6 nitrogen and oxygen atoms in total. The minimum Gasteiger partial charge on any atom is -0.477 e. The van der Waals surface area contributed by atoms with Crippen LogP contribution in [0.5, 0.6) is 0 Å². The maximum atomic E-state index is 13.8. The first kappa shape index (κ1) is 27.2. The molecule has 0 spiro atoms. The van der Waals surface area contributed by atoms with E-state index in [0.29, 0.717) is 16.8 Å². The van der Waals surface area contributed by atoms with Crippen molar-refractivity contribution >= 4 is 14.0 Å². The second kappa shape index (κ2) is 11.1. The van der Waals surface area contributed by atoms with Crippen LogP contribution in [0.15, 0.2) is 66.7 Å². The Labute approximate surface area is 211 Å². The van der Waals surface area contributed by atoms with Crippen molar-refractivity contribution in [1.82, 2.24) is 4.98 Å². The number of carboxylic acids is 1. The van der Waals surface area contributed by atoms with Gasteiger partial charge >= 0.3 is 19.2 Å². The van der Waals surface area contributed by atoms with Crippen LogP contribution >= 0.6 is 8.03 Å². The molecule has 0 aliphatic carbocycles. The van der Waals surface area contributed by atoms with Gasteiger partial charge in [-0.05, 0) is 52.8 Å². The number of aromatic nitrogens is 1. The van der Waals surface area contributed by atoms with Crippen LogP contribution in [0.25, 0.3) is 11.3 Å². The topological polar surface area (TPSA) is 96.7 Å². The Kier molecular flexibility index (Phi) is 8.37. The number of hydrogen-bond donors (Lipinski definition) is 2. The van der Waals surface area contributed by atoms with Gasteiger partial charge in [-0.3, -0.25) is 0 Å². The lowest BCUT2D eigenvalue weighted by Crippen LogP contribution is -2.56. The van der Waals surface area contributed by atoms with Crippen LogP contribution in [0.2, 0.25) is 0 Å². The predicted molar refractivity (Wildman–Crippen MR) is 136 cm³/mol. The Morgan fingerprint density at radius 1 is 1.14 bits per heavy atom. The second-order valence-corrected chi connectivity index (χ2v) is 10.3. The number of nitrogens with zero attached hydrogens (tertiary/aromatic N) is 1. The number of rotatable bonds is 8. The Morgan fingerprint density at radius 3 is 2.42 bits per heavy atom. The number of aliphatic hydroxyl groups is 1. The highest BCUT2D eigenvalue weighted by atomic mass is 31.1. The van der Waals surface area contributed by atoms with Gasteiger partial charge in [0.25, 0.3) is 0 Å². The number of carboxylic acid groups (broad SMARTS) is 1. The molecule has 0 bridgehead atoms. The molecule has 0 radical (unpaired) electrons. The van der Waals surface area contributed by atoms with Gasteiger partial charge in [-0.25, -0.2) is 14.2 Å². The average molecular weight is 509 g/mol. The Hall–Kier alpha value is -3.43. The zero-order chi connectivity index (χ0) is 26.5. The van der Waals surface area contributed by atoms with E-state index in [1.807, 2.05) is 30.3 Å². The third-order valence-electron chi connectivity index (χ3n) is 5.88. The van der Waals surface area contributed by atoms with Gasteiger partial charge in [-0.1, -0.05) is 62.2 Å². The standard InChI is InChI=1S/C28H27FNO5P/c1-19(2)15-16-28(26(31)32,36(34)35-4)27(33,18-22-13-14-23(29)17-20(22)3)25-12-8-11-24(30-25)21-9-6-5-7-10-21/h5-14,17,19,33H,18H2,1-4H3/p+1. The van der Waals surface area contributed by atoms with Crippen molar-refractivity contribution < 1.29 is 28.5 Å². The van der Waals surface area contributed by atoms with Gasteiger partial charge in [0.2, 0.25) is 0 Å². The van der Waals surface area contributed by atoms with E-state index in [1.54, 1.807) is 32.9 Å². The van der Waals surface area contributed by atoms with Crippen LogP contribution in [0, 0.1) is 30.5 Å². The molecule has 0 saturated heterocycles. The fraction of sp³-hybridized carbons (Fsp3) is 0.286. The normalized spacial score (nSPS) is 14.8. The van der Waals surface area contributed by atoms with Crippen molar-refractivity contribution in [2.24, 2.45) is 5.92 Å². The van der Waals surface area contributed by atoms with Crippen molar-refractivity contribution in [3.63, 3.8) is 0 Å². The smallest absolute Gasteiger partial charge is 0.477 e. The number of benzene rings is 2. The van der Waals surface area contributed by atoms with Crippen LogP contribution in [0.4, 0.5) is 4.39 Å². The first-order valence-electron chi connectivity index (χ1n) is 11.3. The van der Waals surface area contributed by atoms with Crippen molar-refractivity contribution in [1.29, 1.82) is 0 Å². The summed E-state index contributed by atoms with van der Waals surface area (Å²) in [6.07, 6.45) is -0.353. The lowest BCUT2D eigenvalue weighted by atomic mass is 9.77. The molecule has 2 N–H and O–H groups in total. The second-order valence-electron chi connectivity index (χ2n) is 8.76. The largest absolute Gasteiger partial charge is 0.543 e. The molecule has 0 aliphatic heterocycles. The lowest BCUT2D eigenvalue weighted by molar-refractivity contribution is -0.146. The van der Waals surface area contributed by atoms with E-state index in [2.05, 4.69) is 16.8 Å². The average Bonchev–Trinajstić information content (AvgIpc) is 2.86. The number of aliphatic carboxylic acids is 1. The maximum absolute atomic E-state index is 13.8. The number of hydrogen-bond acceptors (Lipinski definition) is 5. The van der Waals surface area contributed by atoms with Crippen molar-refractivity contribution in [2.75, 3.05) is 7.11 Å². The third-order valence-corrected chi connectivity index (χ3v) is 7.44. The fourth-order valence-electron chi connectivity index (χ4n) is 3.97. The van der Waals surface area contributed by atoms with Gasteiger partial charge in [-0.15, -0.1) is 4.52 Å². The van der Waals surface area contributed by atoms with E-state index in [1.165, 1.54) is 24.3 Å². The van der Waals surface area contributed by atoms with E-state index in [0.717, 1.165) is 12.7 Å². The summed E-state index contributed by atoms with van der Waals surface area (Å²) in [7, 11) is -1.97. The Balaban J connectivity index is 2.38. The van der Waals surface area contributed by atoms with E-state index in [4.69, 9.17) is 4.52 Å². The first-order chi connectivity index (χ1) is 17.0. The first-order valence-corrected chi connectivity index (χ1v) is 12.5. The molecule has 186 valence electrons. The molecule has 0 amide bonds. The Morgan fingerprint density at radius 2 is 1.83 bits per heavy atom. The molecule has 1 heterocycles. The van der Waals surface area contributed by atoms with Crippen LogP contribution in [-0.4, -0.2) is 33.4 Å². The molecule has 0 fully saturated rings. The number of halogens is 1. The number of pyridine rings is 1. The molecular weight excluding hydrogens is 480 g/mol. The molecule has 0 aliphatic rings. The summed E-state index contributed by atoms with van der Waals surface area (Å²) in [5.41, 5.74) is -0.319. The predicted octanol–water partition coefficient (Wildman–Crippen LogP) is 5.50. The zero-order valence-electron chi connectivity index (χ0n) is 20.5. The van der Waals surface area contributed by atoms with Crippen molar-refractivity contribution in [2.45, 2.75) is 37.9 Å². The van der Waals surface area contributed by atoms with E-state index in [9.17, 15) is 24.0 Å². The molecule has 3 unspecified atom stereocenters. The highest BCUT2D eigenvalue weighted by molar-refractivity contribution is 7.43. The van der Waals surface area contributed by atoms with Crippen LogP contribution in [-0.2, 0) is 25.9 Å². The monoisotopic (exact) mass is 508 g/mol. The third kappa shape index (κ3) is 5.22. The number of carbonyl (C=O) groups is 1. The minimum absolute atomic E-state index is 0.0477. The van der Waals surface area contributed by atoms with E-state index in [-0.39, 0.29) is 18.0 Å². The van der Waals surface area contributed by atoms with E-state index < -0.39 is 30.6 Å².